The fourth-order valence-electron chi connectivity index (χ4n) is 2.67. The van der Waals surface area contributed by atoms with Crippen LogP contribution in [0.1, 0.15) is 24.0 Å². The maximum absolute atomic E-state index is 12.2. The van der Waals surface area contributed by atoms with Crippen LogP contribution in [-0.4, -0.2) is 17.5 Å². The van der Waals surface area contributed by atoms with Gasteiger partial charge in [0.15, 0.2) is 5.13 Å². The number of aryl methyl sites for hydroxylation is 1. The van der Waals surface area contributed by atoms with E-state index in [-0.39, 0.29) is 5.91 Å². The average molecular weight is 480 g/mol. The Hall–Kier alpha value is -1.89. The molecule has 3 aromatic rings. The Bertz CT molecular complexity index is 976. The Balaban J connectivity index is 1.47. The molecule has 1 N–H and O–H groups in total. The van der Waals surface area contributed by atoms with Crippen LogP contribution in [0.5, 0.6) is 5.75 Å². The average Bonchev–Trinajstić information content (AvgIpc) is 3.16. The number of carbonyl (C=O) groups is 1. The summed E-state index contributed by atoms with van der Waals surface area (Å²) in [6, 6.07) is 11.8. The van der Waals surface area contributed by atoms with E-state index in [2.05, 4.69) is 26.2 Å². The normalized spacial score (nSPS) is 10.7. The lowest BCUT2D eigenvalue weighted by Crippen LogP contribution is -2.12. The quantitative estimate of drug-likeness (QED) is 0.386. The Morgan fingerprint density at radius 3 is 2.79 bits per heavy atom. The molecule has 0 bridgehead atoms. The number of hydrogen-bond acceptors (Lipinski definition) is 4. The lowest BCUT2D eigenvalue weighted by molar-refractivity contribution is -0.116. The van der Waals surface area contributed by atoms with Gasteiger partial charge in [-0.2, -0.15) is 0 Å². The predicted octanol–water partition coefficient (Wildman–Crippen LogP) is 6.64. The van der Waals surface area contributed by atoms with Gasteiger partial charge in [0.2, 0.25) is 5.91 Å². The van der Waals surface area contributed by atoms with Crippen molar-refractivity contribution in [2.75, 3.05) is 11.9 Å². The molecule has 0 atom stereocenters. The summed E-state index contributed by atoms with van der Waals surface area (Å²) in [4.78, 5) is 16.6. The van der Waals surface area contributed by atoms with Crippen molar-refractivity contribution in [1.82, 2.24) is 4.98 Å². The molecular weight excluding hydrogens is 460 g/mol. The number of rotatable bonds is 7. The van der Waals surface area contributed by atoms with Gasteiger partial charge in [0.1, 0.15) is 5.75 Å². The summed E-state index contributed by atoms with van der Waals surface area (Å²) < 4.78 is 6.67. The molecule has 7 heteroatoms. The maximum Gasteiger partial charge on any atom is 0.226 e. The third-order valence-corrected chi connectivity index (χ3v) is 6.52. The molecule has 2 aromatic carbocycles. The SMILES string of the molecule is Cc1cc(OCCCC(=O)Nc2nc(-c3ccccc3)cs2)c(Br)c(C)c1Cl. The Morgan fingerprint density at radius 1 is 1.29 bits per heavy atom. The monoisotopic (exact) mass is 478 g/mol. The van der Waals surface area contributed by atoms with Crippen molar-refractivity contribution < 1.29 is 9.53 Å². The highest BCUT2D eigenvalue weighted by Crippen LogP contribution is 2.35. The molecule has 0 unspecified atom stereocenters. The van der Waals surface area contributed by atoms with E-state index in [4.69, 9.17) is 16.3 Å². The molecule has 4 nitrogen and oxygen atoms in total. The molecule has 0 saturated carbocycles. The Labute approximate surface area is 182 Å². The van der Waals surface area contributed by atoms with Crippen LogP contribution in [0.15, 0.2) is 46.3 Å². The van der Waals surface area contributed by atoms with E-state index in [1.165, 1.54) is 11.3 Å². The van der Waals surface area contributed by atoms with Gasteiger partial charge in [0.05, 0.1) is 16.8 Å². The van der Waals surface area contributed by atoms with E-state index in [1.807, 2.05) is 55.6 Å². The molecule has 146 valence electrons. The van der Waals surface area contributed by atoms with Crippen molar-refractivity contribution in [1.29, 1.82) is 0 Å². The van der Waals surface area contributed by atoms with Crippen molar-refractivity contribution in [3.05, 3.63) is 62.4 Å². The number of nitrogens with zero attached hydrogens (tertiary/aromatic N) is 1. The highest BCUT2D eigenvalue weighted by molar-refractivity contribution is 9.10. The summed E-state index contributed by atoms with van der Waals surface area (Å²) in [5, 5.41) is 6.14. The predicted molar refractivity (Wildman–Crippen MR) is 120 cm³/mol. The molecule has 0 saturated heterocycles. The first-order valence-corrected chi connectivity index (χ1v) is 10.9. The van der Waals surface area contributed by atoms with Gasteiger partial charge in [0, 0.05) is 22.4 Å². The van der Waals surface area contributed by atoms with Crippen LogP contribution in [0.25, 0.3) is 11.3 Å². The van der Waals surface area contributed by atoms with E-state index in [0.717, 1.165) is 37.6 Å². The zero-order valence-electron chi connectivity index (χ0n) is 15.6. The third kappa shape index (κ3) is 5.13. The van der Waals surface area contributed by atoms with E-state index >= 15 is 0 Å². The highest BCUT2D eigenvalue weighted by Gasteiger charge is 2.12. The largest absolute Gasteiger partial charge is 0.492 e. The van der Waals surface area contributed by atoms with Crippen LogP contribution >= 0.6 is 38.9 Å². The molecule has 0 aliphatic carbocycles. The summed E-state index contributed by atoms with van der Waals surface area (Å²) in [5.74, 6) is 0.673. The standard InChI is InChI=1S/C21H20BrClN2O2S/c1-13-11-17(19(22)14(2)20(13)23)27-10-6-9-18(26)25-21-24-16(12-28-21)15-7-4-3-5-8-15/h3-5,7-8,11-12H,6,9-10H2,1-2H3,(H,24,25,26). The number of ether oxygens (including phenoxy) is 1. The van der Waals surface area contributed by atoms with Crippen molar-refractivity contribution in [3.63, 3.8) is 0 Å². The van der Waals surface area contributed by atoms with Crippen molar-refractivity contribution >= 4 is 49.9 Å². The fourth-order valence-corrected chi connectivity index (χ4v) is 4.10. The number of halogens is 2. The van der Waals surface area contributed by atoms with Crippen LogP contribution in [0.2, 0.25) is 5.02 Å². The molecule has 0 aliphatic heterocycles. The van der Waals surface area contributed by atoms with Gasteiger partial charge in [-0.15, -0.1) is 11.3 Å². The molecule has 1 aromatic heterocycles. The number of nitrogens with one attached hydrogen (secondary N) is 1. The molecule has 1 heterocycles. The van der Waals surface area contributed by atoms with Crippen LogP contribution in [0.3, 0.4) is 0 Å². The van der Waals surface area contributed by atoms with Gasteiger partial charge in [0.25, 0.3) is 0 Å². The second kappa shape index (κ2) is 9.54. The molecule has 28 heavy (non-hydrogen) atoms. The van der Waals surface area contributed by atoms with Crippen LogP contribution in [0, 0.1) is 13.8 Å². The zero-order valence-corrected chi connectivity index (χ0v) is 18.7. The molecule has 0 aliphatic rings. The van der Waals surface area contributed by atoms with Gasteiger partial charge in [-0.1, -0.05) is 41.9 Å². The smallest absolute Gasteiger partial charge is 0.226 e. The minimum Gasteiger partial charge on any atom is -0.492 e. The number of carbonyl (C=O) groups excluding carboxylic acids is 1. The summed E-state index contributed by atoms with van der Waals surface area (Å²) in [7, 11) is 0. The number of amides is 1. The lowest BCUT2D eigenvalue weighted by Gasteiger charge is -2.13. The second-order valence-electron chi connectivity index (χ2n) is 6.35. The summed E-state index contributed by atoms with van der Waals surface area (Å²) in [6.45, 7) is 4.33. The van der Waals surface area contributed by atoms with Gasteiger partial charge in [-0.05, 0) is 53.4 Å². The number of anilines is 1. The first kappa shape index (κ1) is 20.8. The number of thiazole rings is 1. The van der Waals surface area contributed by atoms with Gasteiger partial charge in [-0.25, -0.2) is 4.98 Å². The first-order chi connectivity index (χ1) is 13.5. The van der Waals surface area contributed by atoms with Crippen LogP contribution < -0.4 is 10.1 Å². The van der Waals surface area contributed by atoms with E-state index < -0.39 is 0 Å². The summed E-state index contributed by atoms with van der Waals surface area (Å²) >= 11 is 11.2. The molecule has 0 fully saturated rings. The minimum absolute atomic E-state index is 0.0694. The van der Waals surface area contributed by atoms with E-state index in [9.17, 15) is 4.79 Å². The van der Waals surface area contributed by atoms with E-state index in [0.29, 0.717) is 24.6 Å². The third-order valence-electron chi connectivity index (χ3n) is 4.19. The highest BCUT2D eigenvalue weighted by atomic mass is 79.9. The summed E-state index contributed by atoms with van der Waals surface area (Å²) in [6.07, 6.45) is 0.972. The molecule has 3 rings (SSSR count). The van der Waals surface area contributed by atoms with Gasteiger partial charge in [-0.3, -0.25) is 4.79 Å². The molecule has 1 amide bonds. The van der Waals surface area contributed by atoms with Crippen molar-refractivity contribution in [2.45, 2.75) is 26.7 Å². The van der Waals surface area contributed by atoms with Gasteiger partial charge >= 0.3 is 0 Å². The van der Waals surface area contributed by atoms with Gasteiger partial charge < -0.3 is 10.1 Å². The zero-order chi connectivity index (χ0) is 20.1. The maximum atomic E-state index is 12.2. The van der Waals surface area contributed by atoms with Crippen molar-refractivity contribution in [3.8, 4) is 17.0 Å². The van der Waals surface area contributed by atoms with E-state index in [1.54, 1.807) is 0 Å². The fraction of sp³-hybridized carbons (Fsp3) is 0.238. The Kier molecular flexibility index (Phi) is 7.10. The van der Waals surface area contributed by atoms with Crippen molar-refractivity contribution in [2.24, 2.45) is 0 Å². The molecule has 0 radical (unpaired) electrons. The second-order valence-corrected chi connectivity index (χ2v) is 8.38. The number of aromatic nitrogens is 1. The van der Waals surface area contributed by atoms with Crippen LogP contribution in [-0.2, 0) is 4.79 Å². The first-order valence-electron chi connectivity index (χ1n) is 8.84. The number of hydrogen-bond donors (Lipinski definition) is 1. The summed E-state index contributed by atoms with van der Waals surface area (Å²) in [5.41, 5.74) is 3.81. The lowest BCUT2D eigenvalue weighted by atomic mass is 10.1. The topological polar surface area (TPSA) is 51.2 Å². The van der Waals surface area contributed by atoms with Crippen LogP contribution in [0.4, 0.5) is 5.13 Å². The minimum atomic E-state index is -0.0694. The molecule has 0 spiro atoms. The molecular formula is C21H20BrClN2O2S. The number of benzene rings is 2. The Morgan fingerprint density at radius 2 is 2.04 bits per heavy atom.